The van der Waals surface area contributed by atoms with Crippen LogP contribution in [0.25, 0.3) is 0 Å². The van der Waals surface area contributed by atoms with E-state index in [-0.39, 0.29) is 25.3 Å². The number of nitrogens with two attached hydrogens (primary N) is 1. The van der Waals surface area contributed by atoms with Crippen molar-refractivity contribution in [2.75, 3.05) is 25.4 Å². The number of benzene rings is 1. The minimum Gasteiger partial charge on any atom is -0.399 e. The van der Waals surface area contributed by atoms with Crippen LogP contribution in [0.15, 0.2) is 23.1 Å². The van der Waals surface area contributed by atoms with Crippen LogP contribution in [-0.4, -0.2) is 43.2 Å². The van der Waals surface area contributed by atoms with Crippen molar-refractivity contribution in [3.8, 4) is 0 Å². The van der Waals surface area contributed by atoms with Crippen LogP contribution >= 0.6 is 0 Å². The number of amides is 1. The van der Waals surface area contributed by atoms with Gasteiger partial charge in [0.25, 0.3) is 15.7 Å². The number of nitrogen functional groups attached to an aromatic ring is 1. The van der Waals surface area contributed by atoms with Crippen molar-refractivity contribution in [2.24, 2.45) is 0 Å². The van der Waals surface area contributed by atoms with Gasteiger partial charge in [-0.1, -0.05) is 0 Å². The zero-order valence-corrected chi connectivity index (χ0v) is 11.1. The summed E-state index contributed by atoms with van der Waals surface area (Å²) in [6, 6.07) is 3.31. The van der Waals surface area contributed by atoms with Crippen molar-refractivity contribution in [3.63, 3.8) is 0 Å². The Bertz CT molecular complexity index is 672. The zero-order valence-electron chi connectivity index (χ0n) is 10.3. The number of nitrogens with zero attached hydrogens (tertiary/aromatic N) is 2. The largest absolute Gasteiger partial charge is 0.399 e. The second-order valence-electron chi connectivity index (χ2n) is 4.17. The van der Waals surface area contributed by atoms with Crippen molar-refractivity contribution >= 4 is 27.3 Å². The summed E-state index contributed by atoms with van der Waals surface area (Å²) >= 11 is 0. The zero-order chi connectivity index (χ0) is 14.9. The van der Waals surface area contributed by atoms with Crippen molar-refractivity contribution in [3.05, 3.63) is 28.3 Å². The molecular weight excluding hydrogens is 288 g/mol. The van der Waals surface area contributed by atoms with Crippen LogP contribution in [0, 0.1) is 10.1 Å². The smallest absolute Gasteiger partial charge is 0.289 e. The molecule has 0 atom stereocenters. The van der Waals surface area contributed by atoms with Crippen molar-refractivity contribution in [2.45, 2.75) is 4.90 Å². The van der Waals surface area contributed by atoms with Crippen LogP contribution < -0.4 is 11.1 Å². The van der Waals surface area contributed by atoms with Crippen LogP contribution in [-0.2, 0) is 14.8 Å². The maximum absolute atomic E-state index is 12.4. The number of carbonyl (C=O) groups is 1. The third-order valence-corrected chi connectivity index (χ3v) is 4.68. The second kappa shape index (κ2) is 5.06. The van der Waals surface area contributed by atoms with E-state index in [0.717, 1.165) is 16.4 Å². The molecule has 1 aliphatic rings. The summed E-state index contributed by atoms with van der Waals surface area (Å²) in [4.78, 5) is 20.9. The highest BCUT2D eigenvalue weighted by molar-refractivity contribution is 7.89. The Balaban J connectivity index is 2.51. The fraction of sp³-hybridized carbons (Fsp3) is 0.300. The molecule has 0 aromatic heterocycles. The number of rotatable bonds is 3. The minimum atomic E-state index is -4.14. The fourth-order valence-electron chi connectivity index (χ4n) is 1.85. The highest BCUT2D eigenvalue weighted by Gasteiger charge is 2.34. The Morgan fingerprint density at radius 2 is 2.10 bits per heavy atom. The molecule has 10 heteroatoms. The first kappa shape index (κ1) is 14.2. The van der Waals surface area contributed by atoms with E-state index >= 15 is 0 Å². The first-order valence-electron chi connectivity index (χ1n) is 5.63. The lowest BCUT2D eigenvalue weighted by Gasteiger charge is -2.25. The first-order valence-corrected chi connectivity index (χ1v) is 7.07. The van der Waals surface area contributed by atoms with Gasteiger partial charge < -0.3 is 11.1 Å². The number of carbonyl (C=O) groups excluding carboxylic acids is 1. The molecule has 1 aliphatic heterocycles. The monoisotopic (exact) mass is 300 g/mol. The van der Waals surface area contributed by atoms with Gasteiger partial charge in [-0.15, -0.1) is 0 Å². The number of anilines is 1. The molecule has 1 heterocycles. The number of hydrogen-bond donors (Lipinski definition) is 2. The molecule has 0 radical (unpaired) electrons. The van der Waals surface area contributed by atoms with Crippen LogP contribution in [0.5, 0.6) is 0 Å². The number of nitrogens with one attached hydrogen (secondary N) is 1. The summed E-state index contributed by atoms with van der Waals surface area (Å²) in [6.45, 7) is -0.150. The van der Waals surface area contributed by atoms with Crippen LogP contribution in [0.4, 0.5) is 11.4 Å². The lowest BCUT2D eigenvalue weighted by Crippen LogP contribution is -2.49. The second-order valence-corrected chi connectivity index (χ2v) is 6.08. The third-order valence-electron chi connectivity index (χ3n) is 2.80. The molecule has 1 saturated heterocycles. The number of hydrogen-bond acceptors (Lipinski definition) is 6. The van der Waals surface area contributed by atoms with E-state index in [9.17, 15) is 23.3 Å². The minimum absolute atomic E-state index is 0.0556. The third kappa shape index (κ3) is 2.56. The molecule has 1 aromatic carbocycles. The standard InChI is InChI=1S/C10H12N4O5S/c11-7-1-2-8(14(16)17)9(5-7)20(18,19)13-4-3-12-10(15)6-13/h1-2,5H,3-4,6,11H2,(H,12,15). The van der Waals surface area contributed by atoms with E-state index in [1.165, 1.54) is 6.07 Å². The molecule has 20 heavy (non-hydrogen) atoms. The molecule has 1 fully saturated rings. The van der Waals surface area contributed by atoms with Gasteiger partial charge in [-0.25, -0.2) is 8.42 Å². The molecule has 1 aromatic rings. The molecule has 0 saturated carbocycles. The summed E-state index contributed by atoms with van der Waals surface area (Å²) in [5, 5.41) is 13.4. The van der Waals surface area contributed by atoms with Gasteiger partial charge in [0.1, 0.15) is 0 Å². The summed E-state index contributed by atoms with van der Waals surface area (Å²) < 4.78 is 25.7. The number of piperazine rings is 1. The van der Waals surface area contributed by atoms with E-state index in [4.69, 9.17) is 5.73 Å². The van der Waals surface area contributed by atoms with Gasteiger partial charge >= 0.3 is 0 Å². The van der Waals surface area contributed by atoms with E-state index in [0.29, 0.717) is 0 Å². The van der Waals surface area contributed by atoms with E-state index in [2.05, 4.69) is 5.32 Å². The number of nitro benzene ring substituents is 1. The fourth-order valence-corrected chi connectivity index (χ4v) is 3.44. The van der Waals surface area contributed by atoms with Gasteiger partial charge in [0.05, 0.1) is 11.5 Å². The van der Waals surface area contributed by atoms with Gasteiger partial charge in [0, 0.05) is 24.8 Å². The molecule has 9 nitrogen and oxygen atoms in total. The summed E-state index contributed by atoms with van der Waals surface area (Å²) in [5.41, 5.74) is 5.02. The van der Waals surface area contributed by atoms with Gasteiger partial charge in [-0.05, 0) is 12.1 Å². The summed E-state index contributed by atoms with van der Waals surface area (Å²) in [7, 11) is -4.14. The number of sulfonamides is 1. The van der Waals surface area contributed by atoms with Crippen molar-refractivity contribution in [1.29, 1.82) is 0 Å². The molecule has 0 aliphatic carbocycles. The molecule has 3 N–H and O–H groups in total. The Labute approximate surface area is 114 Å². The van der Waals surface area contributed by atoms with Gasteiger partial charge in [-0.2, -0.15) is 4.31 Å². The highest BCUT2D eigenvalue weighted by atomic mass is 32.2. The van der Waals surface area contributed by atoms with E-state index in [1.807, 2.05) is 0 Å². The molecule has 0 spiro atoms. The van der Waals surface area contributed by atoms with Crippen LogP contribution in [0.1, 0.15) is 0 Å². The lowest BCUT2D eigenvalue weighted by atomic mass is 10.3. The average molecular weight is 300 g/mol. The maximum atomic E-state index is 12.4. The quantitative estimate of drug-likeness (QED) is 0.430. The molecule has 1 amide bonds. The topological polar surface area (TPSA) is 136 Å². The molecular formula is C10H12N4O5S. The SMILES string of the molecule is Nc1ccc([N+](=O)[O-])c(S(=O)(=O)N2CCNC(=O)C2)c1. The predicted molar refractivity (Wildman–Crippen MR) is 69.3 cm³/mol. The van der Waals surface area contributed by atoms with Crippen LogP contribution in [0.2, 0.25) is 0 Å². The predicted octanol–water partition coefficient (Wildman–Crippen LogP) is -0.703. The van der Waals surface area contributed by atoms with Gasteiger partial charge in [0.15, 0.2) is 4.90 Å². The van der Waals surface area contributed by atoms with Crippen molar-refractivity contribution < 1.29 is 18.1 Å². The van der Waals surface area contributed by atoms with E-state index in [1.54, 1.807) is 0 Å². The Morgan fingerprint density at radius 3 is 2.70 bits per heavy atom. The van der Waals surface area contributed by atoms with Crippen LogP contribution in [0.3, 0.4) is 0 Å². The average Bonchev–Trinajstić information content (AvgIpc) is 2.38. The summed E-state index contributed by atoms with van der Waals surface area (Å²) in [5.74, 6) is -0.452. The number of nitro groups is 1. The Morgan fingerprint density at radius 1 is 1.40 bits per heavy atom. The molecule has 0 bridgehead atoms. The molecule has 0 unspecified atom stereocenters. The van der Waals surface area contributed by atoms with Gasteiger partial charge in [-0.3, -0.25) is 14.9 Å². The molecule has 108 valence electrons. The molecule has 2 rings (SSSR count). The van der Waals surface area contributed by atoms with E-state index < -0.39 is 31.4 Å². The summed E-state index contributed by atoms with van der Waals surface area (Å²) in [6.07, 6.45) is 0. The maximum Gasteiger partial charge on any atom is 0.289 e. The Hall–Kier alpha value is -2.20. The Kier molecular flexibility index (Phi) is 3.59. The normalized spacial score (nSPS) is 16.7. The first-order chi connectivity index (χ1) is 9.32. The lowest BCUT2D eigenvalue weighted by molar-refractivity contribution is -0.387. The van der Waals surface area contributed by atoms with Crippen molar-refractivity contribution in [1.82, 2.24) is 9.62 Å². The van der Waals surface area contributed by atoms with Gasteiger partial charge in [0.2, 0.25) is 5.91 Å². The highest BCUT2D eigenvalue weighted by Crippen LogP contribution is 2.28.